The van der Waals surface area contributed by atoms with Crippen molar-refractivity contribution < 1.29 is 18.7 Å². The topological polar surface area (TPSA) is 70.7 Å². The number of carbonyl (C=O) groups excluding carboxylic acids is 2. The molecule has 0 aliphatic carbocycles. The summed E-state index contributed by atoms with van der Waals surface area (Å²) in [6, 6.07) is 4.09. The maximum Gasteiger partial charge on any atom is 0.321 e. The molecular weight excluding hydrogens is 277 g/mol. The molecule has 2 N–H and O–H groups in total. The van der Waals surface area contributed by atoms with Gasteiger partial charge in [0.1, 0.15) is 0 Å². The smallest absolute Gasteiger partial charge is 0.321 e. The number of carbonyl (C=O) groups is 2. The van der Waals surface area contributed by atoms with Crippen molar-refractivity contribution in [3.8, 4) is 5.75 Å². The predicted octanol–water partition coefficient (Wildman–Crippen LogP) is 1.11. The highest BCUT2D eigenvalue weighted by Crippen LogP contribution is 2.18. The van der Waals surface area contributed by atoms with E-state index in [1.54, 1.807) is 24.9 Å². The SMILES string of the molecule is CCNC(=O)NC(=O)CN(C)Cc1ccc(OC)c(F)c1. The van der Waals surface area contributed by atoms with Crippen LogP contribution in [0.5, 0.6) is 5.75 Å². The molecule has 6 nitrogen and oxygen atoms in total. The molecule has 3 amide bonds. The molecule has 1 rings (SSSR count). The predicted molar refractivity (Wildman–Crippen MR) is 76.5 cm³/mol. The molecule has 0 heterocycles. The second-order valence-corrected chi connectivity index (χ2v) is 4.55. The van der Waals surface area contributed by atoms with Crippen LogP contribution < -0.4 is 15.4 Å². The van der Waals surface area contributed by atoms with Gasteiger partial charge in [-0.3, -0.25) is 15.0 Å². The Hall–Kier alpha value is -2.15. The first-order chi connectivity index (χ1) is 9.96. The molecular formula is C14H20FN3O3. The van der Waals surface area contributed by atoms with E-state index in [4.69, 9.17) is 4.74 Å². The molecule has 1 aromatic carbocycles. The van der Waals surface area contributed by atoms with E-state index >= 15 is 0 Å². The molecule has 0 radical (unpaired) electrons. The average Bonchev–Trinajstić information content (AvgIpc) is 2.38. The second-order valence-electron chi connectivity index (χ2n) is 4.55. The van der Waals surface area contributed by atoms with Gasteiger partial charge in [-0.2, -0.15) is 0 Å². The van der Waals surface area contributed by atoms with Crippen molar-refractivity contribution in [1.29, 1.82) is 0 Å². The van der Waals surface area contributed by atoms with E-state index in [1.165, 1.54) is 19.2 Å². The van der Waals surface area contributed by atoms with E-state index < -0.39 is 17.8 Å². The van der Waals surface area contributed by atoms with Crippen LogP contribution in [0.25, 0.3) is 0 Å². The first-order valence-electron chi connectivity index (χ1n) is 6.55. The lowest BCUT2D eigenvalue weighted by Gasteiger charge is -2.16. The Morgan fingerprint density at radius 2 is 2.10 bits per heavy atom. The lowest BCUT2D eigenvalue weighted by atomic mass is 10.2. The van der Waals surface area contributed by atoms with Crippen LogP contribution in [0.15, 0.2) is 18.2 Å². The maximum atomic E-state index is 13.5. The molecule has 1 aromatic rings. The molecule has 0 aliphatic rings. The van der Waals surface area contributed by atoms with Gasteiger partial charge in [-0.05, 0) is 31.7 Å². The second kappa shape index (κ2) is 8.21. The van der Waals surface area contributed by atoms with Crippen LogP contribution in [-0.4, -0.2) is 44.1 Å². The standard InChI is InChI=1S/C14H20FN3O3/c1-4-16-14(20)17-13(19)9-18(2)8-10-5-6-12(21-3)11(15)7-10/h5-7H,4,8-9H2,1-3H3,(H2,16,17,19,20). The van der Waals surface area contributed by atoms with Crippen molar-refractivity contribution >= 4 is 11.9 Å². The number of amides is 3. The summed E-state index contributed by atoms with van der Waals surface area (Å²) in [7, 11) is 3.11. The third-order valence-electron chi connectivity index (χ3n) is 2.67. The Labute approximate surface area is 123 Å². The van der Waals surface area contributed by atoms with Crippen molar-refractivity contribution in [1.82, 2.24) is 15.5 Å². The van der Waals surface area contributed by atoms with Crippen LogP contribution in [-0.2, 0) is 11.3 Å². The number of methoxy groups -OCH3 is 1. The lowest BCUT2D eigenvalue weighted by molar-refractivity contribution is -0.120. The monoisotopic (exact) mass is 297 g/mol. The quantitative estimate of drug-likeness (QED) is 0.825. The number of halogens is 1. The van der Waals surface area contributed by atoms with Crippen molar-refractivity contribution in [3.05, 3.63) is 29.6 Å². The largest absolute Gasteiger partial charge is 0.494 e. The number of hydrogen-bond donors (Lipinski definition) is 2. The van der Waals surface area contributed by atoms with Gasteiger partial charge in [0.05, 0.1) is 13.7 Å². The molecule has 0 unspecified atom stereocenters. The molecule has 0 saturated heterocycles. The van der Waals surface area contributed by atoms with E-state index in [0.717, 1.165) is 0 Å². The summed E-state index contributed by atoms with van der Waals surface area (Å²) in [5, 5.41) is 4.67. The average molecular weight is 297 g/mol. The minimum atomic E-state index is -0.522. The van der Waals surface area contributed by atoms with Gasteiger partial charge in [0.25, 0.3) is 0 Å². The van der Waals surface area contributed by atoms with Crippen molar-refractivity contribution in [3.63, 3.8) is 0 Å². The van der Waals surface area contributed by atoms with Gasteiger partial charge in [0.15, 0.2) is 11.6 Å². The van der Waals surface area contributed by atoms with E-state index in [1.807, 2.05) is 0 Å². The first-order valence-corrected chi connectivity index (χ1v) is 6.55. The molecule has 0 saturated carbocycles. The van der Waals surface area contributed by atoms with E-state index in [2.05, 4.69) is 10.6 Å². The fraction of sp³-hybridized carbons (Fsp3) is 0.429. The summed E-state index contributed by atoms with van der Waals surface area (Å²) in [5.41, 5.74) is 0.710. The first kappa shape index (κ1) is 16.9. The highest BCUT2D eigenvalue weighted by atomic mass is 19.1. The Bertz CT molecular complexity index is 508. The summed E-state index contributed by atoms with van der Waals surface area (Å²) in [4.78, 5) is 24.4. The molecule has 0 atom stereocenters. The van der Waals surface area contributed by atoms with Crippen LogP contribution in [0.3, 0.4) is 0 Å². The number of benzene rings is 1. The van der Waals surface area contributed by atoms with Crippen LogP contribution in [0.2, 0.25) is 0 Å². The summed E-state index contributed by atoms with van der Waals surface area (Å²) in [5.74, 6) is -0.692. The zero-order chi connectivity index (χ0) is 15.8. The highest BCUT2D eigenvalue weighted by Gasteiger charge is 2.11. The minimum absolute atomic E-state index is 0.0325. The van der Waals surface area contributed by atoms with Crippen LogP contribution >= 0.6 is 0 Å². The molecule has 0 aliphatic heterocycles. The molecule has 0 aromatic heterocycles. The van der Waals surface area contributed by atoms with Crippen LogP contribution in [0, 0.1) is 5.82 Å². The Morgan fingerprint density at radius 3 is 2.67 bits per heavy atom. The Morgan fingerprint density at radius 1 is 1.38 bits per heavy atom. The number of urea groups is 1. The summed E-state index contributed by atoms with van der Waals surface area (Å²) < 4.78 is 18.4. The number of hydrogen-bond acceptors (Lipinski definition) is 4. The lowest BCUT2D eigenvalue weighted by Crippen LogP contribution is -2.43. The molecule has 116 valence electrons. The third kappa shape index (κ3) is 5.78. The number of imide groups is 1. The van der Waals surface area contributed by atoms with Crippen LogP contribution in [0.1, 0.15) is 12.5 Å². The van der Waals surface area contributed by atoms with Crippen LogP contribution in [0.4, 0.5) is 9.18 Å². The molecule has 0 fully saturated rings. The summed E-state index contributed by atoms with van der Waals surface area (Å²) >= 11 is 0. The number of ether oxygens (including phenoxy) is 1. The zero-order valence-electron chi connectivity index (χ0n) is 12.4. The van der Waals surface area contributed by atoms with Crippen molar-refractivity contribution in [2.45, 2.75) is 13.5 Å². The fourth-order valence-corrected chi connectivity index (χ4v) is 1.79. The van der Waals surface area contributed by atoms with Gasteiger partial charge in [-0.25, -0.2) is 9.18 Å². The van der Waals surface area contributed by atoms with E-state index in [9.17, 15) is 14.0 Å². The number of nitrogens with one attached hydrogen (secondary N) is 2. The Balaban J connectivity index is 2.49. The Kier molecular flexibility index (Phi) is 6.61. The number of rotatable bonds is 6. The summed E-state index contributed by atoms with van der Waals surface area (Å²) in [6.45, 7) is 2.61. The third-order valence-corrected chi connectivity index (χ3v) is 2.67. The normalized spacial score (nSPS) is 10.3. The highest BCUT2D eigenvalue weighted by molar-refractivity contribution is 5.95. The summed E-state index contributed by atoms with van der Waals surface area (Å²) in [6.07, 6.45) is 0. The van der Waals surface area contributed by atoms with Crippen molar-refractivity contribution in [2.24, 2.45) is 0 Å². The van der Waals surface area contributed by atoms with Gasteiger partial charge in [0.2, 0.25) is 5.91 Å². The van der Waals surface area contributed by atoms with E-state index in [-0.39, 0.29) is 12.3 Å². The number of likely N-dealkylation sites (N-methyl/N-ethyl adjacent to an activating group) is 1. The minimum Gasteiger partial charge on any atom is -0.494 e. The van der Waals surface area contributed by atoms with Gasteiger partial charge in [0, 0.05) is 13.1 Å². The maximum absolute atomic E-state index is 13.5. The number of nitrogens with zero attached hydrogens (tertiary/aromatic N) is 1. The molecule has 7 heteroatoms. The van der Waals surface area contributed by atoms with Gasteiger partial charge in [-0.1, -0.05) is 6.07 Å². The van der Waals surface area contributed by atoms with Gasteiger partial charge < -0.3 is 10.1 Å². The molecule has 0 bridgehead atoms. The van der Waals surface area contributed by atoms with E-state index in [0.29, 0.717) is 18.7 Å². The van der Waals surface area contributed by atoms with Gasteiger partial charge >= 0.3 is 6.03 Å². The van der Waals surface area contributed by atoms with Crippen molar-refractivity contribution in [2.75, 3.05) is 27.2 Å². The fourth-order valence-electron chi connectivity index (χ4n) is 1.79. The zero-order valence-corrected chi connectivity index (χ0v) is 12.4. The molecule has 21 heavy (non-hydrogen) atoms. The molecule has 0 spiro atoms. The van der Waals surface area contributed by atoms with Gasteiger partial charge in [-0.15, -0.1) is 0 Å².